The Bertz CT molecular complexity index is 1370. The van der Waals surface area contributed by atoms with Gasteiger partial charge >= 0.3 is 0 Å². The van der Waals surface area contributed by atoms with Crippen molar-refractivity contribution in [2.45, 2.75) is 29.1 Å². The predicted molar refractivity (Wildman–Crippen MR) is 119 cm³/mol. The molecule has 3 nitrogen and oxygen atoms in total. The van der Waals surface area contributed by atoms with E-state index in [0.29, 0.717) is 9.79 Å². The third-order valence-corrected chi connectivity index (χ3v) is 7.82. The number of fused-ring (bicyclic) bond motifs is 3. The fraction of sp³-hybridized carbons (Fsp3) is 0.115. The Kier molecular flexibility index (Phi) is 4.16. The molecule has 0 unspecified atom stereocenters. The lowest BCUT2D eigenvalue weighted by Gasteiger charge is -2.25. The molecular weight excluding hydrogens is 390 g/mol. The lowest BCUT2D eigenvalue weighted by Crippen LogP contribution is -2.20. The molecule has 3 aromatic carbocycles. The second-order valence-electron chi connectivity index (χ2n) is 8.13. The zero-order chi connectivity index (χ0) is 20.9. The van der Waals surface area contributed by atoms with Crippen LogP contribution in [-0.4, -0.2) is 13.4 Å². The highest BCUT2D eigenvalue weighted by Gasteiger charge is 2.33. The summed E-state index contributed by atoms with van der Waals surface area (Å²) in [6, 6.07) is 27.2. The van der Waals surface area contributed by atoms with E-state index in [-0.39, 0.29) is 5.41 Å². The van der Waals surface area contributed by atoms with Crippen LogP contribution < -0.4 is 0 Å². The summed E-state index contributed by atoms with van der Waals surface area (Å²) in [5.41, 5.74) is 5.24. The highest BCUT2D eigenvalue weighted by atomic mass is 32.2. The average molecular weight is 412 g/mol. The molecule has 4 heteroatoms. The van der Waals surface area contributed by atoms with E-state index in [0.717, 1.165) is 27.9 Å². The van der Waals surface area contributed by atoms with Crippen LogP contribution in [0.4, 0.5) is 0 Å². The number of sulfone groups is 1. The summed E-state index contributed by atoms with van der Waals surface area (Å²) in [7, 11) is -3.49. The highest BCUT2D eigenvalue weighted by Crippen LogP contribution is 2.44. The monoisotopic (exact) mass is 411 g/mol. The van der Waals surface area contributed by atoms with Gasteiger partial charge in [0.25, 0.3) is 0 Å². The van der Waals surface area contributed by atoms with Crippen molar-refractivity contribution in [3.05, 3.63) is 102 Å². The Morgan fingerprint density at radius 1 is 0.700 bits per heavy atom. The molecular formula is C26H21NO2S. The summed E-state index contributed by atoms with van der Waals surface area (Å²) >= 11 is 0. The van der Waals surface area contributed by atoms with E-state index in [4.69, 9.17) is 0 Å². The lowest BCUT2D eigenvalue weighted by molar-refractivity contribution is 0.598. The van der Waals surface area contributed by atoms with Crippen molar-refractivity contribution in [3.8, 4) is 22.3 Å². The molecule has 1 aromatic heterocycles. The van der Waals surface area contributed by atoms with Crippen LogP contribution in [0.5, 0.6) is 0 Å². The number of hydrogen-bond donors (Lipinski definition) is 0. The first-order valence-electron chi connectivity index (χ1n) is 9.90. The second kappa shape index (κ2) is 6.64. The summed E-state index contributed by atoms with van der Waals surface area (Å²) in [5.74, 6) is 0. The van der Waals surface area contributed by atoms with Crippen molar-refractivity contribution in [2.24, 2.45) is 0 Å². The molecule has 0 fully saturated rings. The summed E-state index contributed by atoms with van der Waals surface area (Å²) in [5, 5.41) is 0. The van der Waals surface area contributed by atoms with Gasteiger partial charge in [-0.1, -0.05) is 74.5 Å². The molecule has 5 rings (SSSR count). The van der Waals surface area contributed by atoms with E-state index in [1.165, 1.54) is 5.56 Å². The highest BCUT2D eigenvalue weighted by molar-refractivity contribution is 7.92. The first-order chi connectivity index (χ1) is 14.4. The molecule has 0 aliphatic carbocycles. The molecule has 2 heterocycles. The maximum Gasteiger partial charge on any atom is 0.207 e. The topological polar surface area (TPSA) is 47.0 Å². The first-order valence-corrected chi connectivity index (χ1v) is 11.4. The molecule has 0 saturated heterocycles. The summed E-state index contributed by atoms with van der Waals surface area (Å²) in [4.78, 5) is 5.39. The van der Waals surface area contributed by atoms with Gasteiger partial charge in [0.05, 0.1) is 15.5 Å². The third kappa shape index (κ3) is 2.79. The molecule has 0 saturated carbocycles. The van der Waals surface area contributed by atoms with Crippen molar-refractivity contribution in [1.29, 1.82) is 0 Å². The van der Waals surface area contributed by atoms with E-state index in [1.54, 1.807) is 24.4 Å². The van der Waals surface area contributed by atoms with Gasteiger partial charge in [-0.25, -0.2) is 8.42 Å². The molecule has 0 amide bonds. The number of pyridine rings is 1. The number of benzene rings is 3. The zero-order valence-corrected chi connectivity index (χ0v) is 17.6. The van der Waals surface area contributed by atoms with Gasteiger partial charge in [0.2, 0.25) is 9.84 Å². The minimum atomic E-state index is -3.49. The van der Waals surface area contributed by atoms with E-state index in [2.05, 4.69) is 37.0 Å². The number of aromatic nitrogens is 1. The van der Waals surface area contributed by atoms with E-state index >= 15 is 0 Å². The number of nitrogens with zero attached hydrogens (tertiary/aromatic N) is 1. The fourth-order valence-electron chi connectivity index (χ4n) is 4.14. The van der Waals surface area contributed by atoms with Crippen LogP contribution in [0.25, 0.3) is 22.3 Å². The standard InChI is InChI=1S/C26H21NO2S/c1-26(2,20-8-4-3-5-9-20)25-17-19(14-15-27-25)18-12-13-22-21-10-6-7-11-23(21)30(28,29)24(22)16-18/h3-17H,1-2H3. The van der Waals surface area contributed by atoms with Gasteiger partial charge < -0.3 is 0 Å². The molecule has 1 aliphatic heterocycles. The van der Waals surface area contributed by atoms with Crippen LogP contribution in [0.3, 0.4) is 0 Å². The predicted octanol–water partition coefficient (Wildman–Crippen LogP) is 5.89. The van der Waals surface area contributed by atoms with Crippen LogP contribution in [0.2, 0.25) is 0 Å². The van der Waals surface area contributed by atoms with Gasteiger partial charge in [-0.05, 0) is 41.0 Å². The van der Waals surface area contributed by atoms with E-state index in [1.807, 2.05) is 48.5 Å². The van der Waals surface area contributed by atoms with Crippen LogP contribution in [-0.2, 0) is 15.3 Å². The summed E-state index contributed by atoms with van der Waals surface area (Å²) in [6.07, 6.45) is 1.80. The first kappa shape index (κ1) is 18.8. The minimum Gasteiger partial charge on any atom is -0.260 e. The quantitative estimate of drug-likeness (QED) is 0.372. The zero-order valence-electron chi connectivity index (χ0n) is 16.8. The second-order valence-corrected chi connectivity index (χ2v) is 10.0. The van der Waals surface area contributed by atoms with Gasteiger partial charge in [0.1, 0.15) is 0 Å². The minimum absolute atomic E-state index is 0.268. The molecule has 0 atom stereocenters. The molecule has 148 valence electrons. The summed E-state index contributed by atoms with van der Waals surface area (Å²) < 4.78 is 26.1. The SMILES string of the molecule is CC(C)(c1ccccc1)c1cc(-c2ccc3c(c2)S(=O)(=O)c2ccccc2-3)ccn1. The summed E-state index contributed by atoms with van der Waals surface area (Å²) in [6.45, 7) is 4.30. The Morgan fingerprint density at radius 2 is 1.37 bits per heavy atom. The van der Waals surface area contributed by atoms with Gasteiger partial charge in [-0.2, -0.15) is 0 Å². The van der Waals surface area contributed by atoms with Crippen LogP contribution in [0.1, 0.15) is 25.1 Å². The molecule has 4 aromatic rings. The number of rotatable bonds is 3. The third-order valence-electron chi connectivity index (χ3n) is 5.97. The smallest absolute Gasteiger partial charge is 0.207 e. The van der Waals surface area contributed by atoms with Crippen molar-refractivity contribution < 1.29 is 8.42 Å². The van der Waals surface area contributed by atoms with Crippen LogP contribution >= 0.6 is 0 Å². The van der Waals surface area contributed by atoms with E-state index in [9.17, 15) is 8.42 Å². The molecule has 1 aliphatic rings. The van der Waals surface area contributed by atoms with Crippen molar-refractivity contribution in [1.82, 2.24) is 4.98 Å². The lowest BCUT2D eigenvalue weighted by atomic mass is 9.80. The van der Waals surface area contributed by atoms with E-state index < -0.39 is 9.84 Å². The average Bonchev–Trinajstić information content (AvgIpc) is 3.01. The molecule has 0 radical (unpaired) electrons. The molecule has 30 heavy (non-hydrogen) atoms. The normalized spacial score (nSPS) is 14.2. The van der Waals surface area contributed by atoms with Gasteiger partial charge in [0, 0.05) is 22.7 Å². The van der Waals surface area contributed by atoms with Gasteiger partial charge in [0.15, 0.2) is 0 Å². The van der Waals surface area contributed by atoms with Crippen LogP contribution in [0.15, 0.2) is 101 Å². The largest absolute Gasteiger partial charge is 0.260 e. The van der Waals surface area contributed by atoms with Gasteiger partial charge in [-0.3, -0.25) is 4.98 Å². The fourth-order valence-corrected chi connectivity index (χ4v) is 5.86. The van der Waals surface area contributed by atoms with Crippen molar-refractivity contribution in [3.63, 3.8) is 0 Å². The Morgan fingerprint density at radius 3 is 2.17 bits per heavy atom. The maximum atomic E-state index is 13.1. The Hall–Kier alpha value is -3.24. The molecule has 0 N–H and O–H groups in total. The Balaban J connectivity index is 1.61. The van der Waals surface area contributed by atoms with Crippen molar-refractivity contribution in [2.75, 3.05) is 0 Å². The maximum absolute atomic E-state index is 13.1. The molecule has 0 spiro atoms. The van der Waals surface area contributed by atoms with Crippen molar-refractivity contribution >= 4 is 9.84 Å². The van der Waals surface area contributed by atoms with Crippen LogP contribution in [0, 0.1) is 0 Å². The van der Waals surface area contributed by atoms with Gasteiger partial charge in [-0.15, -0.1) is 0 Å². The molecule has 0 bridgehead atoms. The number of hydrogen-bond acceptors (Lipinski definition) is 3. The Labute approximate surface area is 177 Å².